The van der Waals surface area contributed by atoms with Gasteiger partial charge in [0, 0.05) is 32.8 Å². The van der Waals surface area contributed by atoms with Crippen LogP contribution in [0.5, 0.6) is 0 Å². The van der Waals surface area contributed by atoms with Crippen molar-refractivity contribution in [2.75, 3.05) is 38.3 Å². The van der Waals surface area contributed by atoms with Crippen LogP contribution in [0.1, 0.15) is 36.0 Å². The number of unbranched alkanes of at least 4 members (excludes halogenated alkanes) is 3. The maximum absolute atomic E-state index is 11.8. The minimum atomic E-state index is -0.0488. The van der Waals surface area contributed by atoms with Crippen LogP contribution in [-0.2, 0) is 0 Å². The van der Waals surface area contributed by atoms with E-state index in [0.717, 1.165) is 37.9 Å². The molecule has 0 radical (unpaired) electrons. The first-order valence-corrected chi connectivity index (χ1v) is 7.02. The van der Waals surface area contributed by atoms with E-state index in [1.807, 2.05) is 6.07 Å². The van der Waals surface area contributed by atoms with Crippen molar-refractivity contribution in [3.8, 4) is 0 Å². The fourth-order valence-electron chi connectivity index (χ4n) is 1.93. The van der Waals surface area contributed by atoms with Crippen molar-refractivity contribution in [3.05, 3.63) is 23.8 Å². The molecule has 0 unspecified atom stereocenters. The maximum Gasteiger partial charge on any atom is 0.253 e. The third-order valence-corrected chi connectivity index (χ3v) is 3.11. The number of nitrogens with two attached hydrogens (primary N) is 1. The van der Waals surface area contributed by atoms with Crippen molar-refractivity contribution < 1.29 is 9.90 Å². The predicted molar refractivity (Wildman–Crippen MR) is 82.9 cm³/mol. The molecule has 4 N–H and O–H groups in total. The van der Waals surface area contributed by atoms with Crippen LogP contribution < -0.4 is 11.1 Å². The zero-order chi connectivity index (χ0) is 15.0. The van der Waals surface area contributed by atoms with Crippen LogP contribution in [0.2, 0.25) is 0 Å². The zero-order valence-electron chi connectivity index (χ0n) is 12.4. The van der Waals surface area contributed by atoms with Crippen molar-refractivity contribution in [1.29, 1.82) is 0 Å². The molecule has 0 fully saturated rings. The molecule has 1 rings (SSSR count). The van der Waals surface area contributed by atoms with Gasteiger partial charge in [0.05, 0.1) is 11.4 Å². The van der Waals surface area contributed by atoms with Gasteiger partial charge in [0.2, 0.25) is 0 Å². The number of aliphatic hydroxyl groups is 1. The van der Waals surface area contributed by atoms with E-state index in [9.17, 15) is 4.79 Å². The third-order valence-electron chi connectivity index (χ3n) is 3.11. The number of nitrogens with zero attached hydrogens (tertiary/aromatic N) is 1. The van der Waals surface area contributed by atoms with Crippen molar-refractivity contribution in [2.24, 2.45) is 0 Å². The molecule has 5 nitrogen and oxygen atoms in total. The van der Waals surface area contributed by atoms with Crippen LogP contribution in [0.25, 0.3) is 0 Å². The van der Waals surface area contributed by atoms with E-state index in [2.05, 4.69) is 5.32 Å². The van der Waals surface area contributed by atoms with Gasteiger partial charge in [-0.2, -0.15) is 0 Å². The van der Waals surface area contributed by atoms with Gasteiger partial charge < -0.3 is 21.1 Å². The average Bonchev–Trinajstić information content (AvgIpc) is 2.43. The number of anilines is 2. The van der Waals surface area contributed by atoms with E-state index in [0.29, 0.717) is 11.3 Å². The van der Waals surface area contributed by atoms with Gasteiger partial charge in [-0.15, -0.1) is 0 Å². The fourth-order valence-corrected chi connectivity index (χ4v) is 1.93. The molecule has 0 saturated heterocycles. The van der Waals surface area contributed by atoms with E-state index in [-0.39, 0.29) is 12.5 Å². The summed E-state index contributed by atoms with van der Waals surface area (Å²) in [6.07, 6.45) is 4.04. The Kier molecular flexibility index (Phi) is 6.87. The summed E-state index contributed by atoms with van der Waals surface area (Å²) in [4.78, 5) is 13.3. The molecule has 0 spiro atoms. The lowest BCUT2D eigenvalue weighted by Crippen LogP contribution is -2.21. The summed E-state index contributed by atoms with van der Waals surface area (Å²) in [5.41, 5.74) is 8.01. The maximum atomic E-state index is 11.8. The standard InChI is InChI=1S/C15H25N3O2/c1-18(2)15(20)12-7-8-14(13(16)11-12)17-9-5-3-4-6-10-19/h7-8,11,17,19H,3-6,9-10,16H2,1-2H3. The molecule has 0 saturated carbocycles. The molecule has 1 amide bonds. The third kappa shape index (κ3) is 5.09. The smallest absolute Gasteiger partial charge is 0.253 e. The fraction of sp³-hybridized carbons (Fsp3) is 0.533. The van der Waals surface area contributed by atoms with E-state index < -0.39 is 0 Å². The molecule has 112 valence electrons. The summed E-state index contributed by atoms with van der Waals surface area (Å²) < 4.78 is 0. The summed E-state index contributed by atoms with van der Waals surface area (Å²) in [7, 11) is 3.44. The lowest BCUT2D eigenvalue weighted by atomic mass is 10.1. The zero-order valence-corrected chi connectivity index (χ0v) is 12.4. The lowest BCUT2D eigenvalue weighted by molar-refractivity contribution is 0.0827. The molecule has 0 bridgehead atoms. The first kappa shape index (κ1) is 16.3. The molecular weight excluding hydrogens is 254 g/mol. The Morgan fingerprint density at radius 3 is 2.55 bits per heavy atom. The van der Waals surface area contributed by atoms with Crippen molar-refractivity contribution in [3.63, 3.8) is 0 Å². The predicted octanol–water partition coefficient (Wildman–Crippen LogP) is 1.94. The summed E-state index contributed by atoms with van der Waals surface area (Å²) in [6.45, 7) is 1.11. The first-order chi connectivity index (χ1) is 9.56. The van der Waals surface area contributed by atoms with Gasteiger partial charge in [-0.25, -0.2) is 0 Å². The molecule has 1 aromatic rings. The van der Waals surface area contributed by atoms with Crippen molar-refractivity contribution in [2.45, 2.75) is 25.7 Å². The Morgan fingerprint density at radius 2 is 1.95 bits per heavy atom. The second kappa shape index (κ2) is 8.43. The van der Waals surface area contributed by atoms with E-state index in [4.69, 9.17) is 10.8 Å². The van der Waals surface area contributed by atoms with E-state index in [1.165, 1.54) is 4.90 Å². The Morgan fingerprint density at radius 1 is 1.25 bits per heavy atom. The molecule has 0 aromatic heterocycles. The van der Waals surface area contributed by atoms with Gasteiger partial charge in [-0.1, -0.05) is 12.8 Å². The van der Waals surface area contributed by atoms with Crippen LogP contribution in [0.15, 0.2) is 18.2 Å². The minimum absolute atomic E-state index is 0.0488. The highest BCUT2D eigenvalue weighted by atomic mass is 16.2. The molecule has 0 aliphatic rings. The lowest BCUT2D eigenvalue weighted by Gasteiger charge is -2.13. The van der Waals surface area contributed by atoms with Gasteiger partial charge in [0.1, 0.15) is 0 Å². The van der Waals surface area contributed by atoms with Crippen LogP contribution in [0.4, 0.5) is 11.4 Å². The number of carbonyl (C=O) groups excluding carboxylic acids is 1. The Bertz CT molecular complexity index is 433. The average molecular weight is 279 g/mol. The van der Waals surface area contributed by atoms with Crippen LogP contribution >= 0.6 is 0 Å². The number of carbonyl (C=O) groups is 1. The number of hydrogen-bond donors (Lipinski definition) is 3. The van der Waals surface area contributed by atoms with Gasteiger partial charge in [-0.05, 0) is 31.0 Å². The first-order valence-electron chi connectivity index (χ1n) is 7.02. The number of amides is 1. The summed E-state index contributed by atoms with van der Waals surface area (Å²) in [5.74, 6) is -0.0488. The van der Waals surface area contributed by atoms with E-state index >= 15 is 0 Å². The highest BCUT2D eigenvalue weighted by molar-refractivity contribution is 5.95. The largest absolute Gasteiger partial charge is 0.397 e. The molecule has 0 aliphatic carbocycles. The van der Waals surface area contributed by atoms with Crippen molar-refractivity contribution >= 4 is 17.3 Å². The van der Waals surface area contributed by atoms with Crippen LogP contribution in [0, 0.1) is 0 Å². The van der Waals surface area contributed by atoms with Gasteiger partial charge in [0.15, 0.2) is 0 Å². The summed E-state index contributed by atoms with van der Waals surface area (Å²) >= 11 is 0. The second-order valence-electron chi connectivity index (χ2n) is 5.07. The monoisotopic (exact) mass is 279 g/mol. The molecule has 0 heterocycles. The van der Waals surface area contributed by atoms with Crippen molar-refractivity contribution in [1.82, 2.24) is 4.90 Å². The summed E-state index contributed by atoms with van der Waals surface area (Å²) in [6, 6.07) is 5.34. The highest BCUT2D eigenvalue weighted by Crippen LogP contribution is 2.20. The number of benzene rings is 1. The number of aliphatic hydroxyl groups excluding tert-OH is 1. The number of nitrogens with one attached hydrogen (secondary N) is 1. The topological polar surface area (TPSA) is 78.6 Å². The molecule has 1 aromatic carbocycles. The van der Waals surface area contributed by atoms with Gasteiger partial charge >= 0.3 is 0 Å². The Hall–Kier alpha value is -1.75. The molecule has 0 aliphatic heterocycles. The number of nitrogen functional groups attached to an aromatic ring is 1. The quantitative estimate of drug-likeness (QED) is 0.502. The van der Waals surface area contributed by atoms with E-state index in [1.54, 1.807) is 26.2 Å². The second-order valence-corrected chi connectivity index (χ2v) is 5.07. The minimum Gasteiger partial charge on any atom is -0.397 e. The number of rotatable bonds is 8. The molecular formula is C15H25N3O2. The number of hydrogen-bond acceptors (Lipinski definition) is 4. The highest BCUT2D eigenvalue weighted by Gasteiger charge is 2.09. The molecule has 5 heteroatoms. The molecule has 20 heavy (non-hydrogen) atoms. The van der Waals surface area contributed by atoms with Crippen LogP contribution in [0.3, 0.4) is 0 Å². The Labute approximate surface area is 120 Å². The SMILES string of the molecule is CN(C)C(=O)c1ccc(NCCCCCCO)c(N)c1. The van der Waals surface area contributed by atoms with Gasteiger partial charge in [0.25, 0.3) is 5.91 Å². The van der Waals surface area contributed by atoms with Gasteiger partial charge in [-0.3, -0.25) is 4.79 Å². The normalized spacial score (nSPS) is 10.3. The van der Waals surface area contributed by atoms with Crippen LogP contribution in [-0.4, -0.2) is 43.2 Å². The summed E-state index contributed by atoms with van der Waals surface area (Å²) in [5, 5.41) is 12.0. The molecule has 0 atom stereocenters. The Balaban J connectivity index is 2.46.